The van der Waals surface area contributed by atoms with Crippen molar-refractivity contribution in [2.75, 3.05) is 0 Å². The molecule has 3 N–H and O–H groups in total. The highest BCUT2D eigenvalue weighted by atomic mass is 16.5. The first-order valence-corrected chi connectivity index (χ1v) is 6.04. The Morgan fingerprint density at radius 2 is 2.00 bits per heavy atom. The molecule has 0 fully saturated rings. The number of ketones is 1. The fraction of sp³-hybridized carbons (Fsp3) is 0.200. The molecule has 5 heteroatoms. The maximum absolute atomic E-state index is 11.9. The van der Waals surface area contributed by atoms with Crippen LogP contribution in [0, 0.1) is 11.3 Å². The van der Waals surface area contributed by atoms with E-state index in [9.17, 15) is 15.2 Å². The van der Waals surface area contributed by atoms with E-state index in [1.807, 2.05) is 6.07 Å². The number of carbonyl (C=O) groups excluding carboxylic acids is 1. The van der Waals surface area contributed by atoms with Crippen molar-refractivity contribution in [3.63, 3.8) is 0 Å². The van der Waals surface area contributed by atoms with Gasteiger partial charge in [-0.15, -0.1) is 0 Å². The van der Waals surface area contributed by atoms with Crippen molar-refractivity contribution in [3.05, 3.63) is 52.6 Å². The van der Waals surface area contributed by atoms with E-state index >= 15 is 0 Å². The number of nitriles is 1. The van der Waals surface area contributed by atoms with Crippen molar-refractivity contribution in [2.24, 2.45) is 5.73 Å². The summed E-state index contributed by atoms with van der Waals surface area (Å²) in [7, 11) is 0. The normalized spacial score (nSPS) is 18.6. The fourth-order valence-electron chi connectivity index (χ4n) is 2.34. The first kappa shape index (κ1) is 13.7. The van der Waals surface area contributed by atoms with Crippen LogP contribution in [0.15, 0.2) is 47.1 Å². The van der Waals surface area contributed by atoms with Crippen molar-refractivity contribution in [1.29, 1.82) is 5.26 Å². The summed E-state index contributed by atoms with van der Waals surface area (Å²) in [6.07, 6.45) is 0. The van der Waals surface area contributed by atoms with Crippen LogP contribution in [0.25, 0.3) is 0 Å². The first-order valence-electron chi connectivity index (χ1n) is 6.04. The summed E-state index contributed by atoms with van der Waals surface area (Å²) in [4.78, 5) is 11.9. The minimum absolute atomic E-state index is 0.00748. The lowest BCUT2D eigenvalue weighted by molar-refractivity contribution is -0.114. The maximum Gasteiger partial charge on any atom is 0.205 e. The van der Waals surface area contributed by atoms with Gasteiger partial charge in [0, 0.05) is 5.57 Å². The molecule has 0 saturated heterocycles. The molecular weight excluding hydrogens is 256 g/mol. The molecule has 0 amide bonds. The number of phenols is 1. The number of ether oxygens (including phenoxy) is 1. The molecule has 0 saturated carbocycles. The first-order chi connectivity index (χ1) is 9.45. The number of carbonyl (C=O) groups is 1. The average Bonchev–Trinajstić information content (AvgIpc) is 2.38. The zero-order valence-corrected chi connectivity index (χ0v) is 11.2. The molecular formula is C15H14N2O3. The summed E-state index contributed by atoms with van der Waals surface area (Å²) in [5.74, 6) is -0.228. The van der Waals surface area contributed by atoms with Crippen LogP contribution in [-0.2, 0) is 9.53 Å². The molecule has 0 spiro atoms. The topological polar surface area (TPSA) is 96.3 Å². The van der Waals surface area contributed by atoms with Gasteiger partial charge in [0.1, 0.15) is 23.2 Å². The number of Topliss-reactive ketones (excluding diaryl/α,β-unsaturated/α-hetero) is 1. The molecule has 1 heterocycles. The molecule has 1 unspecified atom stereocenters. The molecule has 102 valence electrons. The second-order valence-corrected chi connectivity index (χ2v) is 4.54. The molecule has 1 aromatic carbocycles. The molecule has 0 radical (unpaired) electrons. The lowest BCUT2D eigenvalue weighted by Crippen LogP contribution is -2.23. The number of aromatic hydroxyl groups is 1. The van der Waals surface area contributed by atoms with Gasteiger partial charge in [-0.2, -0.15) is 5.26 Å². The number of benzene rings is 1. The summed E-state index contributed by atoms with van der Waals surface area (Å²) in [5, 5.41) is 18.6. The highest BCUT2D eigenvalue weighted by Gasteiger charge is 2.33. The molecule has 1 aliphatic heterocycles. The molecule has 0 bridgehead atoms. The SMILES string of the molecule is CC(=O)C1=C(C)OC(N)=C(C#N)C1c1ccc(O)cc1. The van der Waals surface area contributed by atoms with Gasteiger partial charge in [0.2, 0.25) is 5.88 Å². The maximum atomic E-state index is 11.9. The minimum Gasteiger partial charge on any atom is -0.508 e. The monoisotopic (exact) mass is 270 g/mol. The Bertz CT molecular complexity index is 663. The highest BCUT2D eigenvalue weighted by molar-refractivity contribution is 5.96. The number of allylic oxidation sites excluding steroid dienone is 3. The van der Waals surface area contributed by atoms with E-state index in [2.05, 4.69) is 0 Å². The number of rotatable bonds is 2. The third-order valence-corrected chi connectivity index (χ3v) is 3.21. The number of nitrogens with two attached hydrogens (primary N) is 1. The zero-order valence-electron chi connectivity index (χ0n) is 11.2. The van der Waals surface area contributed by atoms with E-state index in [1.165, 1.54) is 19.1 Å². The third-order valence-electron chi connectivity index (χ3n) is 3.21. The zero-order chi connectivity index (χ0) is 14.9. The predicted molar refractivity (Wildman–Crippen MR) is 72.1 cm³/mol. The van der Waals surface area contributed by atoms with Gasteiger partial charge >= 0.3 is 0 Å². The van der Waals surface area contributed by atoms with Gasteiger partial charge in [-0.3, -0.25) is 4.79 Å². The van der Waals surface area contributed by atoms with Crippen LogP contribution in [0.5, 0.6) is 5.75 Å². The lowest BCUT2D eigenvalue weighted by atomic mass is 9.81. The average molecular weight is 270 g/mol. The van der Waals surface area contributed by atoms with E-state index < -0.39 is 5.92 Å². The van der Waals surface area contributed by atoms with Gasteiger partial charge in [0.25, 0.3) is 0 Å². The summed E-state index contributed by atoms with van der Waals surface area (Å²) < 4.78 is 5.28. The summed E-state index contributed by atoms with van der Waals surface area (Å²) in [6, 6.07) is 8.33. The second kappa shape index (κ2) is 5.10. The third kappa shape index (κ3) is 2.24. The van der Waals surface area contributed by atoms with Crippen molar-refractivity contribution < 1.29 is 14.6 Å². The van der Waals surface area contributed by atoms with E-state index in [-0.39, 0.29) is 23.0 Å². The lowest BCUT2D eigenvalue weighted by Gasteiger charge is -2.26. The standard InChI is InChI=1S/C15H14N2O3/c1-8(18)13-9(2)20-15(17)12(7-16)14(13)10-3-5-11(19)6-4-10/h3-6,14,19H,17H2,1-2H3. The molecule has 2 rings (SSSR count). The van der Waals surface area contributed by atoms with Crippen molar-refractivity contribution in [1.82, 2.24) is 0 Å². The summed E-state index contributed by atoms with van der Waals surface area (Å²) in [6.45, 7) is 3.07. The van der Waals surface area contributed by atoms with E-state index in [4.69, 9.17) is 10.5 Å². The Morgan fingerprint density at radius 3 is 2.50 bits per heavy atom. The molecule has 0 aliphatic carbocycles. The Labute approximate surface area is 116 Å². The Hall–Kier alpha value is -2.74. The van der Waals surface area contributed by atoms with E-state index in [1.54, 1.807) is 19.1 Å². The van der Waals surface area contributed by atoms with Crippen LogP contribution in [0.2, 0.25) is 0 Å². The summed E-state index contributed by atoms with van der Waals surface area (Å²) >= 11 is 0. The van der Waals surface area contributed by atoms with Gasteiger partial charge in [0.05, 0.1) is 5.92 Å². The van der Waals surface area contributed by atoms with Crippen LogP contribution in [0.3, 0.4) is 0 Å². The van der Waals surface area contributed by atoms with Crippen LogP contribution in [-0.4, -0.2) is 10.9 Å². The Balaban J connectivity index is 2.64. The van der Waals surface area contributed by atoms with Crippen LogP contribution >= 0.6 is 0 Å². The Kier molecular flexibility index (Phi) is 3.49. The van der Waals surface area contributed by atoms with Gasteiger partial charge in [-0.25, -0.2) is 0 Å². The number of nitrogens with zero attached hydrogens (tertiary/aromatic N) is 1. The molecule has 1 atom stereocenters. The van der Waals surface area contributed by atoms with Crippen molar-refractivity contribution in [2.45, 2.75) is 19.8 Å². The van der Waals surface area contributed by atoms with Crippen LogP contribution in [0.4, 0.5) is 0 Å². The minimum atomic E-state index is -0.563. The van der Waals surface area contributed by atoms with Crippen LogP contribution < -0.4 is 5.73 Å². The van der Waals surface area contributed by atoms with Gasteiger partial charge in [-0.1, -0.05) is 12.1 Å². The second-order valence-electron chi connectivity index (χ2n) is 4.54. The van der Waals surface area contributed by atoms with Gasteiger partial charge < -0.3 is 15.6 Å². The highest BCUT2D eigenvalue weighted by Crippen LogP contribution is 2.39. The van der Waals surface area contributed by atoms with E-state index in [0.29, 0.717) is 16.9 Å². The van der Waals surface area contributed by atoms with Crippen molar-refractivity contribution >= 4 is 5.78 Å². The van der Waals surface area contributed by atoms with Gasteiger partial charge in [0.15, 0.2) is 5.78 Å². The molecule has 1 aliphatic rings. The molecule has 1 aromatic rings. The predicted octanol–water partition coefficient (Wildman–Crippen LogP) is 2.06. The van der Waals surface area contributed by atoms with Gasteiger partial charge in [-0.05, 0) is 31.5 Å². The van der Waals surface area contributed by atoms with E-state index in [0.717, 1.165) is 0 Å². The molecule has 20 heavy (non-hydrogen) atoms. The van der Waals surface area contributed by atoms with Crippen LogP contribution in [0.1, 0.15) is 25.3 Å². The quantitative estimate of drug-likeness (QED) is 0.857. The Morgan fingerprint density at radius 1 is 1.40 bits per heavy atom. The molecule has 5 nitrogen and oxygen atoms in total. The number of hydrogen-bond donors (Lipinski definition) is 2. The number of phenolic OH excluding ortho intramolecular Hbond substituents is 1. The smallest absolute Gasteiger partial charge is 0.205 e. The number of hydrogen-bond acceptors (Lipinski definition) is 5. The fourth-order valence-corrected chi connectivity index (χ4v) is 2.34. The molecule has 0 aromatic heterocycles. The largest absolute Gasteiger partial charge is 0.508 e. The van der Waals surface area contributed by atoms with Crippen molar-refractivity contribution in [3.8, 4) is 11.8 Å². The summed E-state index contributed by atoms with van der Waals surface area (Å²) in [5.41, 5.74) is 7.05.